The Morgan fingerprint density at radius 1 is 1.21 bits per heavy atom. The normalized spacial score (nSPS) is 18.4. The number of benzene rings is 2. The van der Waals surface area contributed by atoms with Crippen LogP contribution < -0.4 is 15.8 Å². The van der Waals surface area contributed by atoms with Gasteiger partial charge in [0.15, 0.2) is 0 Å². The molecule has 4 heteroatoms. The van der Waals surface area contributed by atoms with E-state index in [2.05, 4.69) is 5.32 Å². The summed E-state index contributed by atoms with van der Waals surface area (Å²) in [6.07, 6.45) is 0.695. The number of nitrogens with one attached hydrogen (secondary N) is 1. The Morgan fingerprint density at radius 3 is 2.54 bits per heavy atom. The predicted octanol–water partition coefficient (Wildman–Crippen LogP) is 3.92. The molecule has 0 radical (unpaired) electrons. The maximum absolute atomic E-state index is 12.9. The molecule has 1 amide bonds. The molecule has 1 atom stereocenters. The van der Waals surface area contributed by atoms with Crippen molar-refractivity contribution < 1.29 is 9.53 Å². The van der Waals surface area contributed by atoms with E-state index in [0.717, 1.165) is 28.0 Å². The highest BCUT2D eigenvalue weighted by Crippen LogP contribution is 2.40. The zero-order chi connectivity index (χ0) is 17.5. The van der Waals surface area contributed by atoms with E-state index in [1.54, 1.807) is 0 Å². The fourth-order valence-corrected chi connectivity index (χ4v) is 3.40. The molecule has 3 N–H and O–H groups in total. The minimum atomic E-state index is -0.345. The molecule has 4 nitrogen and oxygen atoms in total. The van der Waals surface area contributed by atoms with Crippen molar-refractivity contribution in [1.82, 2.24) is 5.32 Å². The Kier molecular flexibility index (Phi) is 3.99. The summed E-state index contributed by atoms with van der Waals surface area (Å²) in [5.41, 5.74) is 9.90. The van der Waals surface area contributed by atoms with E-state index in [0.29, 0.717) is 12.1 Å². The number of ether oxygens (including phenoxy) is 1. The summed E-state index contributed by atoms with van der Waals surface area (Å²) in [6.45, 7) is 7.98. The first-order valence-electron chi connectivity index (χ1n) is 8.22. The second-order valence-corrected chi connectivity index (χ2v) is 7.16. The molecule has 0 aromatic heterocycles. The van der Waals surface area contributed by atoms with E-state index >= 15 is 0 Å². The Bertz CT molecular complexity index is 776. The van der Waals surface area contributed by atoms with Crippen molar-refractivity contribution in [3.05, 3.63) is 58.7 Å². The molecular formula is C20H24N2O2. The lowest BCUT2D eigenvalue weighted by Gasteiger charge is -2.38. The summed E-state index contributed by atoms with van der Waals surface area (Å²) < 4.78 is 6.03. The summed E-state index contributed by atoms with van der Waals surface area (Å²) in [7, 11) is 0. The summed E-state index contributed by atoms with van der Waals surface area (Å²) in [5, 5.41) is 3.18. The molecule has 0 fully saturated rings. The smallest absolute Gasteiger partial charge is 0.252 e. The molecule has 0 saturated heterocycles. The fraction of sp³-hybridized carbons (Fsp3) is 0.350. The van der Waals surface area contributed by atoms with Crippen LogP contribution in [0.5, 0.6) is 5.75 Å². The van der Waals surface area contributed by atoms with Crippen molar-refractivity contribution in [2.75, 3.05) is 5.73 Å². The maximum atomic E-state index is 12.9. The van der Waals surface area contributed by atoms with E-state index < -0.39 is 0 Å². The summed E-state index contributed by atoms with van der Waals surface area (Å²) in [4.78, 5) is 12.9. The first-order chi connectivity index (χ1) is 11.3. The van der Waals surface area contributed by atoms with Gasteiger partial charge in [-0.25, -0.2) is 0 Å². The summed E-state index contributed by atoms with van der Waals surface area (Å²) in [6, 6.07) is 11.4. The summed E-state index contributed by atoms with van der Waals surface area (Å²) in [5.74, 6) is 0.730. The van der Waals surface area contributed by atoms with Gasteiger partial charge in [0.1, 0.15) is 11.4 Å². The van der Waals surface area contributed by atoms with E-state index in [1.165, 1.54) is 0 Å². The molecule has 0 spiro atoms. The van der Waals surface area contributed by atoms with Crippen LogP contribution in [0.1, 0.15) is 53.4 Å². The zero-order valence-electron chi connectivity index (χ0n) is 14.6. The molecule has 0 bridgehead atoms. The van der Waals surface area contributed by atoms with Crippen LogP contribution in [-0.2, 0) is 0 Å². The number of rotatable bonds is 2. The van der Waals surface area contributed by atoms with Gasteiger partial charge in [-0.2, -0.15) is 0 Å². The Balaban J connectivity index is 1.95. The molecule has 1 unspecified atom stereocenters. The molecule has 1 heterocycles. The lowest BCUT2D eigenvalue weighted by atomic mass is 9.89. The first kappa shape index (κ1) is 16.4. The van der Waals surface area contributed by atoms with Gasteiger partial charge in [0.05, 0.1) is 6.04 Å². The molecule has 3 rings (SSSR count). The van der Waals surface area contributed by atoms with E-state index in [4.69, 9.17) is 10.5 Å². The molecule has 24 heavy (non-hydrogen) atoms. The van der Waals surface area contributed by atoms with Gasteiger partial charge < -0.3 is 15.8 Å². The molecule has 1 aliphatic heterocycles. The number of carbonyl (C=O) groups is 1. The number of carbonyl (C=O) groups excluding carboxylic acids is 1. The molecule has 0 aliphatic carbocycles. The number of nitrogens with two attached hydrogens (primary N) is 1. The van der Waals surface area contributed by atoms with Gasteiger partial charge in [-0.1, -0.05) is 18.2 Å². The highest BCUT2D eigenvalue weighted by atomic mass is 16.5. The van der Waals surface area contributed by atoms with Crippen LogP contribution in [0.2, 0.25) is 0 Å². The van der Waals surface area contributed by atoms with Crippen LogP contribution in [0, 0.1) is 13.8 Å². The predicted molar refractivity (Wildman–Crippen MR) is 96.3 cm³/mol. The van der Waals surface area contributed by atoms with Crippen molar-refractivity contribution in [3.63, 3.8) is 0 Å². The number of fused-ring (bicyclic) bond motifs is 1. The number of hydrogen-bond acceptors (Lipinski definition) is 3. The minimum absolute atomic E-state index is 0.0540. The van der Waals surface area contributed by atoms with E-state index in [9.17, 15) is 4.79 Å². The third-order valence-corrected chi connectivity index (χ3v) is 4.50. The zero-order valence-corrected chi connectivity index (χ0v) is 14.6. The number of anilines is 1. The topological polar surface area (TPSA) is 64.3 Å². The molecule has 2 aromatic carbocycles. The van der Waals surface area contributed by atoms with Gasteiger partial charge >= 0.3 is 0 Å². The van der Waals surface area contributed by atoms with Crippen LogP contribution in [-0.4, -0.2) is 11.5 Å². The SMILES string of the molecule is Cc1cccc(C)c1C(=O)NC1CC(C)(C)Oc2ccc(N)cc21. The van der Waals surface area contributed by atoms with Crippen LogP contribution in [0.3, 0.4) is 0 Å². The molecule has 1 aliphatic rings. The summed E-state index contributed by atoms with van der Waals surface area (Å²) >= 11 is 0. The molecule has 126 valence electrons. The van der Waals surface area contributed by atoms with Gasteiger partial charge in [-0.15, -0.1) is 0 Å². The van der Waals surface area contributed by atoms with Gasteiger partial charge in [0.25, 0.3) is 5.91 Å². The largest absolute Gasteiger partial charge is 0.487 e. The Labute approximate surface area is 143 Å². The van der Waals surface area contributed by atoms with Crippen molar-refractivity contribution >= 4 is 11.6 Å². The first-order valence-corrected chi connectivity index (χ1v) is 8.22. The number of hydrogen-bond donors (Lipinski definition) is 2. The van der Waals surface area contributed by atoms with Gasteiger partial charge in [0, 0.05) is 23.2 Å². The van der Waals surface area contributed by atoms with Gasteiger partial charge in [-0.3, -0.25) is 4.79 Å². The average molecular weight is 324 g/mol. The van der Waals surface area contributed by atoms with Crippen LogP contribution >= 0.6 is 0 Å². The Morgan fingerprint density at radius 2 is 1.88 bits per heavy atom. The van der Waals surface area contributed by atoms with Crippen molar-refractivity contribution in [2.24, 2.45) is 0 Å². The number of nitrogen functional groups attached to an aromatic ring is 1. The molecule has 2 aromatic rings. The third-order valence-electron chi connectivity index (χ3n) is 4.50. The van der Waals surface area contributed by atoms with Crippen LogP contribution in [0.15, 0.2) is 36.4 Å². The second kappa shape index (κ2) is 5.86. The number of aryl methyl sites for hydroxylation is 2. The molecule has 0 saturated carbocycles. The van der Waals surface area contributed by atoms with E-state index in [1.807, 2.05) is 64.1 Å². The highest BCUT2D eigenvalue weighted by molar-refractivity contribution is 5.97. The standard InChI is InChI=1S/C20H24N2O2/c1-12-6-5-7-13(2)18(12)19(23)22-16-11-20(3,4)24-17-9-8-14(21)10-15(16)17/h5-10,16H,11,21H2,1-4H3,(H,22,23). The van der Waals surface area contributed by atoms with Crippen molar-refractivity contribution in [1.29, 1.82) is 0 Å². The maximum Gasteiger partial charge on any atom is 0.252 e. The van der Waals surface area contributed by atoms with E-state index in [-0.39, 0.29) is 17.6 Å². The third kappa shape index (κ3) is 3.09. The monoisotopic (exact) mass is 324 g/mol. The van der Waals surface area contributed by atoms with Crippen LogP contribution in [0.25, 0.3) is 0 Å². The quantitative estimate of drug-likeness (QED) is 0.823. The fourth-order valence-electron chi connectivity index (χ4n) is 3.40. The lowest BCUT2D eigenvalue weighted by molar-refractivity contribution is 0.0620. The number of amides is 1. The second-order valence-electron chi connectivity index (χ2n) is 7.16. The average Bonchev–Trinajstić information content (AvgIpc) is 2.47. The minimum Gasteiger partial charge on any atom is -0.487 e. The van der Waals surface area contributed by atoms with Crippen molar-refractivity contribution in [2.45, 2.75) is 45.8 Å². The lowest BCUT2D eigenvalue weighted by Crippen LogP contribution is -2.41. The molecular weight excluding hydrogens is 300 g/mol. The van der Waals surface area contributed by atoms with Crippen molar-refractivity contribution in [3.8, 4) is 5.75 Å². The van der Waals surface area contributed by atoms with Gasteiger partial charge in [0.2, 0.25) is 0 Å². The highest BCUT2D eigenvalue weighted by Gasteiger charge is 2.35. The van der Waals surface area contributed by atoms with Gasteiger partial charge in [-0.05, 0) is 57.0 Å². The Hall–Kier alpha value is -2.49. The van der Waals surface area contributed by atoms with Crippen LogP contribution in [0.4, 0.5) is 5.69 Å².